The number of unbranched alkanes of at least 4 members (excludes halogenated alkanes) is 55. The van der Waals surface area contributed by atoms with E-state index in [9.17, 15) is 24.0 Å². The van der Waals surface area contributed by atoms with E-state index in [2.05, 4.69) is 81.2 Å². The van der Waals surface area contributed by atoms with Gasteiger partial charge in [0.05, 0.1) is 0 Å². The number of carbonyl (C=O) groups is 5. The first-order valence-electron chi connectivity index (χ1n) is 46.9. The molecule has 0 heterocycles. The fraction of sp³-hybridized carbons (Fsp3) is 0.945. The molecule has 0 fully saturated rings. The van der Waals surface area contributed by atoms with Gasteiger partial charge in [-0.2, -0.15) is 0 Å². The molecule has 0 radical (unpaired) electrons. The molecule has 0 unspecified atom stereocenters. The summed E-state index contributed by atoms with van der Waals surface area (Å²) in [6.45, 7) is 22.2. The first kappa shape index (κ1) is 102. The Kier molecular flexibility index (Phi) is 84.5. The molecule has 0 aromatic carbocycles. The average molecular weight is 1480 g/mol. The zero-order valence-corrected chi connectivity index (χ0v) is 71.2. The fourth-order valence-electron chi connectivity index (χ4n) is 14.6. The summed E-state index contributed by atoms with van der Waals surface area (Å²) in [6.07, 6.45) is 79.5. The third kappa shape index (κ3) is 82.0. The molecule has 0 aliphatic rings. The zero-order valence-electron chi connectivity index (χ0n) is 71.2. The van der Waals surface area contributed by atoms with Crippen LogP contribution in [0.3, 0.4) is 0 Å². The van der Waals surface area contributed by atoms with Gasteiger partial charge >= 0.3 is 0 Å². The maximum atomic E-state index is 13.5. The lowest BCUT2D eigenvalue weighted by Crippen LogP contribution is -2.43. The molecule has 0 saturated heterocycles. The largest absolute Gasteiger partial charge is 0.356 e. The maximum absolute atomic E-state index is 13.5. The van der Waals surface area contributed by atoms with Gasteiger partial charge in [0.2, 0.25) is 29.5 Å². The van der Waals surface area contributed by atoms with E-state index in [1.54, 1.807) is 0 Å². The van der Waals surface area contributed by atoms with Crippen molar-refractivity contribution in [2.24, 2.45) is 0 Å². The van der Waals surface area contributed by atoms with E-state index in [1.165, 1.54) is 321 Å². The van der Waals surface area contributed by atoms with Crippen molar-refractivity contribution >= 4 is 29.5 Å². The molecule has 622 valence electrons. The minimum Gasteiger partial charge on any atom is -0.356 e. The molecule has 0 saturated carbocycles. The quantitative estimate of drug-likeness (QED) is 0.0325. The number of nitrogens with zero attached hydrogens (tertiary/aromatic N) is 3. The van der Waals surface area contributed by atoms with Crippen LogP contribution in [-0.2, 0) is 24.0 Å². The SMILES string of the molecule is CCCCCCCCCCCCCCNC(=O)CCN(CCNCCN(CCC(=O)NCCCCCCCCCCCCCC)CCN(CCC(=O)NCCCCCCCCCCCCCC)CCC(=O)NCCCCCCCCCCCCCC)CCC(=O)NCCCCCCCCCCCCCC. The van der Waals surface area contributed by atoms with Crippen LogP contribution in [0.1, 0.15) is 452 Å². The summed E-state index contributed by atoms with van der Waals surface area (Å²) in [7, 11) is 0. The highest BCUT2D eigenvalue weighted by molar-refractivity contribution is 5.77. The van der Waals surface area contributed by atoms with Crippen molar-refractivity contribution in [3.8, 4) is 0 Å². The second kappa shape index (κ2) is 86.8. The topological polar surface area (TPSA) is 167 Å². The Morgan fingerprint density at radius 2 is 0.295 bits per heavy atom. The first-order chi connectivity index (χ1) is 51.7. The Labute approximate surface area is 653 Å². The van der Waals surface area contributed by atoms with Crippen molar-refractivity contribution in [3.05, 3.63) is 0 Å². The molecule has 14 heteroatoms. The first-order valence-corrected chi connectivity index (χ1v) is 46.9. The minimum absolute atomic E-state index is 0.0744. The molecule has 105 heavy (non-hydrogen) atoms. The van der Waals surface area contributed by atoms with Crippen molar-refractivity contribution in [2.45, 2.75) is 452 Å². The summed E-state index contributed by atoms with van der Waals surface area (Å²) in [5.74, 6) is 0.410. The number of amides is 5. The molecule has 0 spiro atoms. The monoisotopic (exact) mass is 1480 g/mol. The van der Waals surface area contributed by atoms with Gasteiger partial charge in [0.15, 0.2) is 0 Å². The van der Waals surface area contributed by atoms with Crippen molar-refractivity contribution in [2.75, 3.05) is 105 Å². The van der Waals surface area contributed by atoms with E-state index < -0.39 is 0 Å². The number of hydrogen-bond acceptors (Lipinski definition) is 9. The third-order valence-corrected chi connectivity index (χ3v) is 22.0. The number of nitrogens with one attached hydrogen (secondary N) is 6. The molecule has 0 atom stereocenters. The van der Waals surface area contributed by atoms with Crippen LogP contribution >= 0.6 is 0 Å². The molecule has 0 rings (SSSR count). The third-order valence-electron chi connectivity index (χ3n) is 22.0. The highest BCUT2D eigenvalue weighted by atomic mass is 16.2. The predicted molar refractivity (Wildman–Crippen MR) is 456 cm³/mol. The average Bonchev–Trinajstić information content (AvgIpc) is 1.22. The van der Waals surface area contributed by atoms with E-state index in [-0.39, 0.29) is 29.5 Å². The van der Waals surface area contributed by atoms with Crippen molar-refractivity contribution in [3.63, 3.8) is 0 Å². The van der Waals surface area contributed by atoms with Crippen LogP contribution in [0.4, 0.5) is 0 Å². The Morgan fingerprint density at radius 3 is 0.457 bits per heavy atom. The normalized spacial score (nSPS) is 11.6. The van der Waals surface area contributed by atoms with E-state index in [0.29, 0.717) is 104 Å². The van der Waals surface area contributed by atoms with Gasteiger partial charge in [-0.3, -0.25) is 24.0 Å². The molecule has 14 nitrogen and oxygen atoms in total. The second-order valence-corrected chi connectivity index (χ2v) is 32.2. The number of rotatable bonds is 89. The zero-order chi connectivity index (χ0) is 76.1. The van der Waals surface area contributed by atoms with Crippen LogP contribution in [0.15, 0.2) is 0 Å². The van der Waals surface area contributed by atoms with Gasteiger partial charge in [-0.1, -0.05) is 388 Å². The van der Waals surface area contributed by atoms with Crippen molar-refractivity contribution in [1.82, 2.24) is 46.6 Å². The molecule has 0 aliphatic heterocycles. The number of hydrogen-bond donors (Lipinski definition) is 6. The summed E-state index contributed by atoms with van der Waals surface area (Å²) >= 11 is 0. The smallest absolute Gasteiger partial charge is 0.221 e. The number of carbonyl (C=O) groups excluding carboxylic acids is 5. The van der Waals surface area contributed by atoms with E-state index in [4.69, 9.17) is 0 Å². The van der Waals surface area contributed by atoms with Crippen LogP contribution in [0, 0.1) is 0 Å². The molecule has 0 aromatic rings. The van der Waals surface area contributed by atoms with Gasteiger partial charge in [-0.15, -0.1) is 0 Å². The van der Waals surface area contributed by atoms with E-state index >= 15 is 0 Å². The molecule has 6 N–H and O–H groups in total. The highest BCUT2D eigenvalue weighted by Gasteiger charge is 2.17. The molecular formula is C91H183N9O5. The summed E-state index contributed by atoms with van der Waals surface area (Å²) in [5, 5.41) is 19.8. The van der Waals surface area contributed by atoms with Crippen LogP contribution < -0.4 is 31.9 Å². The summed E-state index contributed by atoms with van der Waals surface area (Å²) < 4.78 is 0. The lowest BCUT2D eigenvalue weighted by molar-refractivity contribution is -0.123. The molecule has 0 bridgehead atoms. The van der Waals surface area contributed by atoms with Crippen LogP contribution in [0.25, 0.3) is 0 Å². The molecular weight excluding hydrogens is 1300 g/mol. The second-order valence-electron chi connectivity index (χ2n) is 32.2. The van der Waals surface area contributed by atoms with Crippen LogP contribution in [0.5, 0.6) is 0 Å². The Morgan fingerprint density at radius 1 is 0.162 bits per heavy atom. The van der Waals surface area contributed by atoms with E-state index in [0.717, 1.165) is 96.9 Å². The summed E-state index contributed by atoms with van der Waals surface area (Å²) in [5.41, 5.74) is 0. The predicted octanol–water partition coefficient (Wildman–Crippen LogP) is 22.5. The standard InChI is InChI=1S/C91H183N9O5/c1-6-11-16-21-26-31-36-41-46-51-56-61-71-93-87(101)66-78-98(79-67-88(102)94-72-62-57-52-47-42-37-32-27-22-17-12-7-2)83-76-92-77-84-100(82-70-91(105)97-75-65-60-55-50-45-40-35-30-25-20-15-10-5)86-85-99(80-68-89(103)95-73-63-58-53-48-43-38-33-28-23-18-13-8-3)81-69-90(104)96-74-64-59-54-49-44-39-34-29-24-19-14-9-4/h92H,6-86H2,1-5H3,(H,93,101)(H,94,102)(H,95,103)(H,96,104)(H,97,105). The molecule has 0 aromatic heterocycles. The Hall–Kier alpha value is -2.81. The molecule has 5 amide bonds. The Bertz CT molecular complexity index is 1720. The lowest BCUT2D eigenvalue weighted by atomic mass is 10.1. The van der Waals surface area contributed by atoms with Gasteiger partial charge in [0, 0.05) is 137 Å². The lowest BCUT2D eigenvalue weighted by Gasteiger charge is -2.28. The Balaban J connectivity index is 5.89. The van der Waals surface area contributed by atoms with Crippen molar-refractivity contribution in [1.29, 1.82) is 0 Å². The van der Waals surface area contributed by atoms with E-state index in [1.807, 2.05) is 0 Å². The van der Waals surface area contributed by atoms with Gasteiger partial charge in [-0.25, -0.2) is 0 Å². The van der Waals surface area contributed by atoms with Gasteiger partial charge in [0.1, 0.15) is 0 Å². The highest BCUT2D eigenvalue weighted by Crippen LogP contribution is 2.18. The summed E-state index contributed by atoms with van der Waals surface area (Å²) in [4.78, 5) is 73.8. The van der Waals surface area contributed by atoms with Gasteiger partial charge in [-0.05, 0) is 32.1 Å². The van der Waals surface area contributed by atoms with Gasteiger partial charge in [0.25, 0.3) is 0 Å². The van der Waals surface area contributed by atoms with Crippen molar-refractivity contribution < 1.29 is 24.0 Å². The van der Waals surface area contributed by atoms with Crippen LogP contribution in [-0.4, -0.2) is 149 Å². The minimum atomic E-state index is 0.0744. The maximum Gasteiger partial charge on any atom is 0.221 e. The van der Waals surface area contributed by atoms with Gasteiger partial charge < -0.3 is 46.6 Å². The fourth-order valence-corrected chi connectivity index (χ4v) is 14.6. The van der Waals surface area contributed by atoms with Crippen LogP contribution in [0.2, 0.25) is 0 Å². The molecule has 0 aliphatic carbocycles. The summed E-state index contributed by atoms with van der Waals surface area (Å²) in [6, 6.07) is 0.